The molecular formula is C19H32BrCl4F6IS9. The highest BCUT2D eigenvalue weighted by Gasteiger charge is 2.85. The number of hydrogen-bond acceptors (Lipinski definition) is 8. The lowest BCUT2D eigenvalue weighted by Crippen LogP contribution is -2.41. The molecule has 0 spiro atoms. The van der Waals surface area contributed by atoms with Crippen LogP contribution in [0, 0.1) is 11.8 Å². The highest BCUT2D eigenvalue weighted by molar-refractivity contribution is 14.1. The zero-order chi connectivity index (χ0) is 31.6. The largest absolute Gasteiger partial charge is 0.448 e. The third-order valence-electron chi connectivity index (χ3n) is 4.94. The summed E-state index contributed by atoms with van der Waals surface area (Å²) in [6, 6.07) is -1.46. The molecule has 2 unspecified atom stereocenters. The monoisotopic (exact) mass is 1010 g/mol. The van der Waals surface area contributed by atoms with Crippen molar-refractivity contribution in [2.24, 2.45) is 11.8 Å². The lowest BCUT2D eigenvalue weighted by Gasteiger charge is -2.77. The van der Waals surface area contributed by atoms with E-state index in [1.54, 1.807) is 0 Å². The second-order valence-corrected chi connectivity index (χ2v) is 49.6. The smallest absolute Gasteiger partial charge is 0.238 e. The second kappa shape index (κ2) is 18.2. The first kappa shape index (κ1) is 45.1. The molecular weight excluding hydrogens is 979 g/mol. The predicted molar refractivity (Wildman–Crippen MR) is 205 cm³/mol. The molecule has 0 aromatic carbocycles. The minimum absolute atomic E-state index is 0.0903. The van der Waals surface area contributed by atoms with E-state index in [1.165, 1.54) is 23.5 Å². The summed E-state index contributed by atoms with van der Waals surface area (Å²) in [5.74, 6) is 1.83. The van der Waals surface area contributed by atoms with E-state index in [2.05, 4.69) is 36.7 Å². The Morgan fingerprint density at radius 3 is 1.90 bits per heavy atom. The molecule has 0 aliphatic rings. The predicted octanol–water partition coefficient (Wildman–Crippen LogP) is 16.1. The first-order valence-corrected chi connectivity index (χ1v) is 27.7. The standard InChI is InChI=1S/C19H32BrCl4F6IS9/c1-5-15(4)8-10-33-19(31,32-9-6-7-14(2)3)39-40(34-11-20,35-12-21,36-13-25,38-16(22,23)24)18(29,30)37-17(26,27)28/h14-15H,5-13H2,1-4H3. The SMILES string of the molecule is CCC(C)CCSC(I)(SCCCC(C)C)SS(SCF)(SCCl)(SCBr)(SC(Cl)(Cl)Cl)C(F)(F)SC(F)(F)F. The molecule has 0 aliphatic heterocycles. The van der Waals surface area contributed by atoms with Crippen LogP contribution in [0.2, 0.25) is 0 Å². The molecule has 0 heterocycles. The summed E-state index contributed by atoms with van der Waals surface area (Å²) in [7, 11) is 1.62. The highest BCUT2D eigenvalue weighted by Crippen LogP contribution is 3.29. The third kappa shape index (κ3) is 12.9. The fraction of sp³-hybridized carbons (Fsp3) is 1.00. The van der Waals surface area contributed by atoms with Gasteiger partial charge in [0.2, 0.25) is 3.12 Å². The van der Waals surface area contributed by atoms with E-state index >= 15 is 8.78 Å². The molecule has 0 bridgehead atoms. The van der Waals surface area contributed by atoms with Crippen molar-refractivity contribution in [1.82, 2.24) is 0 Å². The van der Waals surface area contributed by atoms with Gasteiger partial charge in [0.05, 0.1) is 9.87 Å². The number of rotatable bonds is 21. The minimum atomic E-state index is -6.19. The van der Waals surface area contributed by atoms with Crippen LogP contribution < -0.4 is 0 Å². The zero-order valence-electron chi connectivity index (χ0n) is 21.7. The Morgan fingerprint density at radius 1 is 0.900 bits per heavy atom. The van der Waals surface area contributed by atoms with Crippen LogP contribution in [0.4, 0.5) is 26.3 Å². The average molecular weight is 1010 g/mol. The van der Waals surface area contributed by atoms with Crippen LogP contribution in [0.5, 0.6) is 0 Å². The first-order chi connectivity index (χ1) is 18.1. The fourth-order valence-electron chi connectivity index (χ4n) is 2.85. The Balaban J connectivity index is 7.54. The molecule has 0 fully saturated rings. The van der Waals surface area contributed by atoms with Crippen molar-refractivity contribution in [1.29, 1.82) is 0 Å². The highest BCUT2D eigenvalue weighted by atomic mass is 127. The minimum Gasteiger partial charge on any atom is -0.238 e. The van der Waals surface area contributed by atoms with E-state index in [0.29, 0.717) is 55.7 Å². The summed E-state index contributed by atoms with van der Waals surface area (Å²) in [5, 5.41) is -0.592. The Morgan fingerprint density at radius 2 is 1.48 bits per heavy atom. The van der Waals surface area contributed by atoms with Gasteiger partial charge in [-0.1, -0.05) is 124 Å². The second-order valence-electron chi connectivity index (χ2n) is 8.42. The molecule has 0 radical (unpaired) electrons. The quantitative estimate of drug-likeness (QED) is 0.0275. The van der Waals surface area contributed by atoms with Gasteiger partial charge in [0.15, 0.2) is 1.42 Å². The van der Waals surface area contributed by atoms with E-state index < -0.39 is 41.1 Å². The topological polar surface area (TPSA) is 0 Å². The average Bonchev–Trinajstić information content (AvgIpc) is 2.74. The van der Waals surface area contributed by atoms with Gasteiger partial charge >= 0.3 is 10.1 Å². The van der Waals surface area contributed by atoms with Gasteiger partial charge in [0.25, 0.3) is 0 Å². The van der Waals surface area contributed by atoms with Crippen LogP contribution in [0.1, 0.15) is 53.4 Å². The van der Waals surface area contributed by atoms with Crippen molar-refractivity contribution in [2.45, 2.75) is 68.0 Å². The number of hydrogen-bond donors (Lipinski definition) is 0. The summed E-state index contributed by atoms with van der Waals surface area (Å²) in [5.41, 5.74) is -5.39. The zero-order valence-corrected chi connectivity index (χ0v) is 35.8. The lowest BCUT2D eigenvalue weighted by molar-refractivity contribution is -0.0371. The van der Waals surface area contributed by atoms with Crippen LogP contribution in [-0.2, 0) is 0 Å². The van der Waals surface area contributed by atoms with Gasteiger partial charge < -0.3 is 0 Å². The van der Waals surface area contributed by atoms with Gasteiger partial charge in [0, 0.05) is 11.8 Å². The molecule has 0 saturated carbocycles. The van der Waals surface area contributed by atoms with E-state index in [9.17, 15) is 17.6 Å². The molecule has 246 valence electrons. The molecule has 0 aromatic rings. The maximum atomic E-state index is 16.9. The van der Waals surface area contributed by atoms with Gasteiger partial charge in [0.1, 0.15) is 6.01 Å². The summed E-state index contributed by atoms with van der Waals surface area (Å²) < 4.78 is 75.2. The van der Waals surface area contributed by atoms with Crippen molar-refractivity contribution in [3.63, 3.8) is 0 Å². The van der Waals surface area contributed by atoms with Crippen LogP contribution in [0.25, 0.3) is 0 Å². The van der Waals surface area contributed by atoms with Crippen LogP contribution >= 0.6 is 178 Å². The van der Waals surface area contributed by atoms with Crippen molar-refractivity contribution in [3.8, 4) is 0 Å². The van der Waals surface area contributed by atoms with Crippen LogP contribution in [-0.4, -0.2) is 42.0 Å². The van der Waals surface area contributed by atoms with E-state index in [4.69, 9.17) is 46.4 Å². The molecule has 21 heteroatoms. The summed E-state index contributed by atoms with van der Waals surface area (Å²) in [6.07, 6.45) is 3.30. The van der Waals surface area contributed by atoms with Crippen LogP contribution in [0.3, 0.4) is 0 Å². The first-order valence-electron chi connectivity index (χ1n) is 11.4. The molecule has 40 heavy (non-hydrogen) atoms. The summed E-state index contributed by atoms with van der Waals surface area (Å²) >= 11 is 31.0. The Kier molecular flexibility index (Phi) is 20.5. The maximum Gasteiger partial charge on any atom is 0.448 e. The van der Waals surface area contributed by atoms with Crippen LogP contribution in [0.15, 0.2) is 0 Å². The Bertz CT molecular complexity index is 765. The van der Waals surface area contributed by atoms with Gasteiger partial charge in [-0.2, -0.15) is 22.0 Å². The molecule has 0 N–H and O–H groups in total. The molecule has 2 atom stereocenters. The molecule has 0 nitrogen and oxygen atoms in total. The number of thioether (sulfide) groups is 3. The van der Waals surface area contributed by atoms with Gasteiger partial charge in [-0.05, 0) is 83.8 Å². The normalized spacial score (nSPS) is 17.9. The van der Waals surface area contributed by atoms with Crippen molar-refractivity contribution in [3.05, 3.63) is 0 Å². The molecule has 0 aromatic heterocycles. The Labute approximate surface area is 307 Å². The molecule has 0 saturated heterocycles. The number of alkyl halides is 12. The van der Waals surface area contributed by atoms with Crippen molar-refractivity contribution >= 4 is 178 Å². The number of halogens is 12. The van der Waals surface area contributed by atoms with E-state index in [0.717, 1.165) is 25.7 Å². The van der Waals surface area contributed by atoms with Gasteiger partial charge in [-0.3, -0.25) is 0 Å². The maximum absolute atomic E-state index is 16.9. The summed E-state index contributed by atoms with van der Waals surface area (Å²) in [4.78, 5) is 0. The van der Waals surface area contributed by atoms with Crippen molar-refractivity contribution < 1.29 is 26.3 Å². The molecule has 0 rings (SSSR count). The summed E-state index contributed by atoms with van der Waals surface area (Å²) in [6.45, 7) is 8.23. The lowest BCUT2D eigenvalue weighted by atomic mass is 10.1. The van der Waals surface area contributed by atoms with E-state index in [1.807, 2.05) is 29.5 Å². The Hall–Kier alpha value is 5.10. The fourth-order valence-corrected chi connectivity index (χ4v) is 75.2. The van der Waals surface area contributed by atoms with Crippen molar-refractivity contribution in [2.75, 3.05) is 27.4 Å². The van der Waals surface area contributed by atoms with Gasteiger partial charge in [-0.25, -0.2) is 4.39 Å². The van der Waals surface area contributed by atoms with E-state index in [-0.39, 0.29) is 26.2 Å². The van der Waals surface area contributed by atoms with Gasteiger partial charge in [-0.15, -0.1) is 35.1 Å². The third-order valence-corrected chi connectivity index (χ3v) is 51.3. The molecule has 0 aliphatic carbocycles. The molecule has 0 amide bonds.